The number of hydrogen-bond acceptors (Lipinski definition) is 5. The number of rotatable bonds is 5. The molecule has 1 N–H and O–H groups in total. The quantitative estimate of drug-likeness (QED) is 0.891. The van der Waals surface area contributed by atoms with Crippen LogP contribution in [-0.4, -0.2) is 66.6 Å². The van der Waals surface area contributed by atoms with Crippen molar-refractivity contribution in [1.82, 2.24) is 19.8 Å². The van der Waals surface area contributed by atoms with E-state index in [1.807, 2.05) is 7.05 Å². The highest BCUT2D eigenvalue weighted by molar-refractivity contribution is 5.35. The third-order valence-corrected chi connectivity index (χ3v) is 4.10. The SMILES string of the molecule is CNc1cc(CC(C)C)nc(CC2CN(C)CCN2C)n1. The monoisotopic (exact) mass is 291 g/mol. The van der Waals surface area contributed by atoms with E-state index in [9.17, 15) is 0 Å². The van der Waals surface area contributed by atoms with Gasteiger partial charge in [-0.3, -0.25) is 0 Å². The molecule has 1 aromatic heterocycles. The highest BCUT2D eigenvalue weighted by Gasteiger charge is 2.23. The van der Waals surface area contributed by atoms with Crippen molar-refractivity contribution < 1.29 is 0 Å². The molecule has 0 amide bonds. The van der Waals surface area contributed by atoms with E-state index in [-0.39, 0.29) is 0 Å². The topological polar surface area (TPSA) is 44.3 Å². The molecule has 1 aliphatic heterocycles. The van der Waals surface area contributed by atoms with Crippen molar-refractivity contribution in [2.24, 2.45) is 5.92 Å². The van der Waals surface area contributed by atoms with Gasteiger partial charge in [0.25, 0.3) is 0 Å². The van der Waals surface area contributed by atoms with Crippen LogP contribution in [0, 0.1) is 5.92 Å². The molecule has 2 rings (SSSR count). The van der Waals surface area contributed by atoms with Crippen molar-refractivity contribution in [2.75, 3.05) is 46.1 Å². The van der Waals surface area contributed by atoms with Crippen molar-refractivity contribution in [3.05, 3.63) is 17.6 Å². The molecular weight excluding hydrogens is 262 g/mol. The summed E-state index contributed by atoms with van der Waals surface area (Å²) in [6, 6.07) is 2.57. The molecule has 0 aliphatic carbocycles. The predicted molar refractivity (Wildman–Crippen MR) is 87.7 cm³/mol. The summed E-state index contributed by atoms with van der Waals surface area (Å²) in [6.45, 7) is 7.80. The van der Waals surface area contributed by atoms with E-state index in [1.54, 1.807) is 0 Å². The Morgan fingerprint density at radius 1 is 1.29 bits per heavy atom. The molecule has 1 fully saturated rings. The first-order valence-electron chi connectivity index (χ1n) is 7.91. The van der Waals surface area contributed by atoms with Gasteiger partial charge in [0.05, 0.1) is 0 Å². The fraction of sp³-hybridized carbons (Fsp3) is 0.750. The number of hydrogen-bond donors (Lipinski definition) is 1. The summed E-state index contributed by atoms with van der Waals surface area (Å²) in [5.74, 6) is 2.51. The van der Waals surface area contributed by atoms with Crippen LogP contribution in [0.4, 0.5) is 5.82 Å². The first kappa shape index (κ1) is 16.2. The van der Waals surface area contributed by atoms with E-state index in [1.165, 1.54) is 0 Å². The molecule has 0 saturated carbocycles. The second kappa shape index (κ2) is 7.18. The van der Waals surface area contributed by atoms with Crippen LogP contribution in [0.3, 0.4) is 0 Å². The molecule has 5 heteroatoms. The van der Waals surface area contributed by atoms with Gasteiger partial charge in [0, 0.05) is 50.9 Å². The molecule has 2 heterocycles. The molecule has 1 atom stereocenters. The molecule has 0 bridgehead atoms. The molecule has 1 saturated heterocycles. The zero-order chi connectivity index (χ0) is 15.4. The van der Waals surface area contributed by atoms with Gasteiger partial charge in [-0.05, 0) is 26.4 Å². The van der Waals surface area contributed by atoms with Crippen LogP contribution in [0.5, 0.6) is 0 Å². The Morgan fingerprint density at radius 3 is 2.71 bits per heavy atom. The normalized spacial score (nSPS) is 21.0. The van der Waals surface area contributed by atoms with Gasteiger partial charge in [-0.15, -0.1) is 0 Å². The Kier molecular flexibility index (Phi) is 5.53. The van der Waals surface area contributed by atoms with E-state index in [0.717, 1.165) is 49.8 Å². The van der Waals surface area contributed by atoms with Crippen molar-refractivity contribution in [1.29, 1.82) is 0 Å². The first-order valence-corrected chi connectivity index (χ1v) is 7.91. The van der Waals surface area contributed by atoms with Crippen LogP contribution in [0.1, 0.15) is 25.4 Å². The Hall–Kier alpha value is -1.20. The standard InChI is InChI=1S/C16H29N5/c1-12(2)8-13-9-15(17-3)19-16(18-13)10-14-11-20(4)6-7-21(14)5/h9,12,14H,6-8,10-11H2,1-5H3,(H,17,18,19). The van der Waals surface area contributed by atoms with Gasteiger partial charge >= 0.3 is 0 Å². The number of nitrogens with one attached hydrogen (secondary N) is 1. The van der Waals surface area contributed by atoms with Crippen LogP contribution in [0.25, 0.3) is 0 Å². The van der Waals surface area contributed by atoms with E-state index >= 15 is 0 Å². The zero-order valence-electron chi connectivity index (χ0n) is 14.1. The van der Waals surface area contributed by atoms with Crippen LogP contribution < -0.4 is 5.32 Å². The third-order valence-electron chi connectivity index (χ3n) is 4.10. The minimum absolute atomic E-state index is 0.503. The molecule has 5 nitrogen and oxygen atoms in total. The largest absolute Gasteiger partial charge is 0.373 e. The molecule has 21 heavy (non-hydrogen) atoms. The summed E-state index contributed by atoms with van der Waals surface area (Å²) in [5, 5.41) is 3.16. The van der Waals surface area contributed by atoms with Crippen molar-refractivity contribution in [2.45, 2.75) is 32.7 Å². The average Bonchev–Trinajstić information content (AvgIpc) is 2.42. The maximum atomic E-state index is 4.78. The summed E-state index contributed by atoms with van der Waals surface area (Å²) in [7, 11) is 6.31. The third kappa shape index (κ3) is 4.64. The Balaban J connectivity index is 2.14. The first-order chi connectivity index (χ1) is 9.97. The van der Waals surface area contributed by atoms with Gasteiger partial charge in [-0.1, -0.05) is 13.8 Å². The Bertz CT molecular complexity index is 460. The van der Waals surface area contributed by atoms with Crippen molar-refractivity contribution >= 4 is 5.82 Å². The predicted octanol–water partition coefficient (Wildman–Crippen LogP) is 1.51. The lowest BCUT2D eigenvalue weighted by molar-refractivity contribution is 0.113. The minimum Gasteiger partial charge on any atom is -0.373 e. The zero-order valence-corrected chi connectivity index (χ0v) is 14.1. The summed E-state index contributed by atoms with van der Waals surface area (Å²) in [4.78, 5) is 14.2. The van der Waals surface area contributed by atoms with Crippen molar-refractivity contribution in [3.63, 3.8) is 0 Å². The second-order valence-corrected chi connectivity index (χ2v) is 6.61. The molecule has 1 aliphatic rings. The van der Waals surface area contributed by atoms with E-state index in [0.29, 0.717) is 12.0 Å². The number of likely N-dealkylation sites (N-methyl/N-ethyl adjacent to an activating group) is 2. The van der Waals surface area contributed by atoms with Gasteiger partial charge in [-0.2, -0.15) is 0 Å². The van der Waals surface area contributed by atoms with Crippen LogP contribution >= 0.6 is 0 Å². The molecule has 0 spiro atoms. The maximum Gasteiger partial charge on any atom is 0.132 e. The number of nitrogens with zero attached hydrogens (tertiary/aromatic N) is 4. The molecule has 1 aromatic rings. The van der Waals surface area contributed by atoms with E-state index < -0.39 is 0 Å². The van der Waals surface area contributed by atoms with E-state index in [2.05, 4.69) is 54.1 Å². The van der Waals surface area contributed by atoms with Crippen LogP contribution in [-0.2, 0) is 12.8 Å². The minimum atomic E-state index is 0.503. The number of anilines is 1. The summed E-state index contributed by atoms with van der Waals surface area (Å²) in [6.07, 6.45) is 1.92. The maximum absolute atomic E-state index is 4.78. The van der Waals surface area contributed by atoms with Gasteiger partial charge in [0.15, 0.2) is 0 Å². The molecular formula is C16H29N5. The lowest BCUT2D eigenvalue weighted by atomic mass is 10.1. The fourth-order valence-electron chi connectivity index (χ4n) is 2.83. The van der Waals surface area contributed by atoms with Gasteiger partial charge < -0.3 is 15.1 Å². The van der Waals surface area contributed by atoms with Gasteiger partial charge in [-0.25, -0.2) is 9.97 Å². The number of aromatic nitrogens is 2. The van der Waals surface area contributed by atoms with Gasteiger partial charge in [0.1, 0.15) is 11.6 Å². The number of piperazine rings is 1. The average molecular weight is 291 g/mol. The lowest BCUT2D eigenvalue weighted by Gasteiger charge is -2.37. The Labute approximate surface area is 128 Å². The summed E-state index contributed by atoms with van der Waals surface area (Å²) in [5.41, 5.74) is 1.14. The Morgan fingerprint density at radius 2 is 2.05 bits per heavy atom. The highest BCUT2D eigenvalue weighted by Crippen LogP contribution is 2.15. The molecule has 0 aromatic carbocycles. The van der Waals surface area contributed by atoms with Crippen LogP contribution in [0.15, 0.2) is 6.07 Å². The molecule has 1 unspecified atom stereocenters. The van der Waals surface area contributed by atoms with E-state index in [4.69, 9.17) is 4.98 Å². The summed E-state index contributed by atoms with van der Waals surface area (Å²) >= 11 is 0. The highest BCUT2D eigenvalue weighted by atomic mass is 15.3. The molecule has 0 radical (unpaired) electrons. The second-order valence-electron chi connectivity index (χ2n) is 6.61. The van der Waals surface area contributed by atoms with Gasteiger partial charge in [0.2, 0.25) is 0 Å². The smallest absolute Gasteiger partial charge is 0.132 e. The summed E-state index contributed by atoms with van der Waals surface area (Å²) < 4.78 is 0. The lowest BCUT2D eigenvalue weighted by Crippen LogP contribution is -2.51. The van der Waals surface area contributed by atoms with Crippen molar-refractivity contribution in [3.8, 4) is 0 Å². The molecule has 118 valence electrons. The fourth-order valence-corrected chi connectivity index (χ4v) is 2.83. The van der Waals surface area contributed by atoms with Crippen LogP contribution in [0.2, 0.25) is 0 Å².